The Labute approximate surface area is 221 Å². The second-order valence-electron chi connectivity index (χ2n) is 7.71. The third kappa shape index (κ3) is 7.07. The van der Waals surface area contributed by atoms with Crippen LogP contribution in [-0.4, -0.2) is 32.3 Å². The highest BCUT2D eigenvalue weighted by Gasteiger charge is 2.16. The maximum Gasteiger partial charge on any atom is 0.251 e. The minimum atomic E-state index is -0.239. The molecule has 0 saturated heterocycles. The molecule has 0 unspecified atom stereocenters. The van der Waals surface area contributed by atoms with E-state index in [-0.39, 0.29) is 24.1 Å². The minimum absolute atomic E-state index is 0.126. The lowest BCUT2D eigenvalue weighted by atomic mass is 10.0. The summed E-state index contributed by atoms with van der Waals surface area (Å²) in [6.45, 7) is 8.63. The monoisotopic (exact) mass is 609 g/mol. The van der Waals surface area contributed by atoms with E-state index in [1.165, 1.54) is 11.8 Å². The fourth-order valence-electron chi connectivity index (χ4n) is 3.17. The van der Waals surface area contributed by atoms with Crippen LogP contribution in [0.5, 0.6) is 0 Å². The average Bonchev–Trinajstić information content (AvgIpc) is 3.19. The van der Waals surface area contributed by atoms with Crippen molar-refractivity contribution in [2.75, 3.05) is 11.1 Å². The molecule has 178 valence electrons. The number of allylic oxidation sites excluding steroid dienone is 1. The van der Waals surface area contributed by atoms with E-state index in [2.05, 4.69) is 69.9 Å². The van der Waals surface area contributed by atoms with Crippen molar-refractivity contribution >= 4 is 63.5 Å². The Morgan fingerprint density at radius 3 is 2.62 bits per heavy atom. The van der Waals surface area contributed by atoms with Gasteiger partial charge >= 0.3 is 0 Å². The molecule has 0 spiro atoms. The van der Waals surface area contributed by atoms with Crippen molar-refractivity contribution in [2.45, 2.75) is 38.0 Å². The second kappa shape index (κ2) is 12.4. The lowest BCUT2D eigenvalue weighted by Crippen LogP contribution is -2.24. The molecule has 0 bridgehead atoms. The number of benzene rings is 2. The minimum Gasteiger partial charge on any atom is -0.345 e. The number of rotatable bonds is 10. The Morgan fingerprint density at radius 2 is 1.94 bits per heavy atom. The lowest BCUT2D eigenvalue weighted by molar-refractivity contribution is -0.113. The number of nitrogens with zero attached hydrogens (tertiary/aromatic N) is 3. The summed E-state index contributed by atoms with van der Waals surface area (Å²) >= 11 is 9.43. The van der Waals surface area contributed by atoms with Crippen LogP contribution >= 0.6 is 46.0 Å². The summed E-state index contributed by atoms with van der Waals surface area (Å²) in [6, 6.07) is 12.6. The van der Waals surface area contributed by atoms with Gasteiger partial charge in [0.25, 0.3) is 5.91 Å². The van der Waals surface area contributed by atoms with Gasteiger partial charge in [-0.05, 0) is 76.5 Å². The number of halogens is 2. The number of carbonyl (C=O) groups excluding carboxylic acids is 2. The van der Waals surface area contributed by atoms with Crippen molar-refractivity contribution in [3.05, 3.63) is 80.7 Å². The van der Waals surface area contributed by atoms with E-state index in [9.17, 15) is 9.59 Å². The Bertz CT molecular complexity index is 1180. The summed E-state index contributed by atoms with van der Waals surface area (Å²) in [4.78, 5) is 25.0. The fraction of sp³-hybridized carbons (Fsp3) is 0.250. The first-order valence-corrected chi connectivity index (χ1v) is 13.0. The average molecular weight is 610 g/mol. The highest BCUT2D eigenvalue weighted by atomic mass is 127. The molecule has 2 N–H and O–H groups in total. The summed E-state index contributed by atoms with van der Waals surface area (Å²) in [7, 11) is 0. The predicted octanol–water partition coefficient (Wildman–Crippen LogP) is 5.51. The van der Waals surface area contributed by atoms with Gasteiger partial charge in [-0.1, -0.05) is 43.3 Å². The molecule has 3 aromatic rings. The summed E-state index contributed by atoms with van der Waals surface area (Å²) in [5, 5.41) is 15.4. The number of amides is 2. The molecule has 1 heterocycles. The van der Waals surface area contributed by atoms with Gasteiger partial charge in [0.15, 0.2) is 11.0 Å². The highest BCUT2D eigenvalue weighted by molar-refractivity contribution is 14.1. The van der Waals surface area contributed by atoms with Gasteiger partial charge in [-0.2, -0.15) is 0 Å². The summed E-state index contributed by atoms with van der Waals surface area (Å²) < 4.78 is 2.96. The zero-order valence-corrected chi connectivity index (χ0v) is 22.6. The predicted molar refractivity (Wildman–Crippen MR) is 145 cm³/mol. The number of nitrogens with one attached hydrogen (secondary N) is 2. The van der Waals surface area contributed by atoms with Crippen molar-refractivity contribution in [3.8, 4) is 0 Å². The number of thioether (sulfide) groups is 1. The van der Waals surface area contributed by atoms with Gasteiger partial charge in [-0.25, -0.2) is 0 Å². The van der Waals surface area contributed by atoms with Gasteiger partial charge in [0.05, 0.1) is 12.3 Å². The number of aromatic nitrogens is 3. The quantitative estimate of drug-likeness (QED) is 0.180. The van der Waals surface area contributed by atoms with Crippen LogP contribution in [0.15, 0.2) is 60.3 Å². The zero-order chi connectivity index (χ0) is 24.7. The van der Waals surface area contributed by atoms with Gasteiger partial charge in [-0.15, -0.1) is 16.8 Å². The highest BCUT2D eigenvalue weighted by Crippen LogP contribution is 2.27. The first-order chi connectivity index (χ1) is 16.3. The summed E-state index contributed by atoms with van der Waals surface area (Å²) in [5.41, 5.74) is 2.42. The molecule has 0 aliphatic rings. The van der Waals surface area contributed by atoms with Crippen molar-refractivity contribution in [1.29, 1.82) is 0 Å². The summed E-state index contributed by atoms with van der Waals surface area (Å²) in [5.74, 6) is 0.676. The number of carbonyl (C=O) groups is 2. The van der Waals surface area contributed by atoms with E-state index in [1.807, 2.05) is 16.7 Å². The number of hydrogen-bond acceptors (Lipinski definition) is 5. The van der Waals surface area contributed by atoms with Gasteiger partial charge in [0, 0.05) is 26.4 Å². The molecule has 1 aromatic heterocycles. The van der Waals surface area contributed by atoms with Crippen LogP contribution in [0, 0.1) is 3.57 Å². The molecule has 0 fully saturated rings. The molecule has 0 aliphatic heterocycles. The molecule has 7 nitrogen and oxygen atoms in total. The smallest absolute Gasteiger partial charge is 0.251 e. The molecular weight excluding hydrogens is 585 g/mol. The topological polar surface area (TPSA) is 88.9 Å². The molecule has 10 heteroatoms. The maximum absolute atomic E-state index is 12.6. The van der Waals surface area contributed by atoms with E-state index < -0.39 is 0 Å². The van der Waals surface area contributed by atoms with Crippen LogP contribution in [-0.2, 0) is 17.9 Å². The molecule has 34 heavy (non-hydrogen) atoms. The molecule has 2 aromatic carbocycles. The van der Waals surface area contributed by atoms with E-state index in [0.717, 1.165) is 14.8 Å². The van der Waals surface area contributed by atoms with Gasteiger partial charge in [0.1, 0.15) is 0 Å². The normalized spacial score (nSPS) is 10.9. The van der Waals surface area contributed by atoms with E-state index in [1.54, 1.807) is 30.3 Å². The Balaban J connectivity index is 1.63. The first-order valence-electron chi connectivity index (χ1n) is 10.6. The third-order valence-electron chi connectivity index (χ3n) is 4.86. The molecule has 0 saturated carbocycles. The van der Waals surface area contributed by atoms with Crippen molar-refractivity contribution in [1.82, 2.24) is 20.1 Å². The van der Waals surface area contributed by atoms with Crippen molar-refractivity contribution in [2.24, 2.45) is 0 Å². The lowest BCUT2D eigenvalue weighted by Gasteiger charge is -2.14. The zero-order valence-electron chi connectivity index (χ0n) is 18.8. The van der Waals surface area contributed by atoms with Crippen LogP contribution in [0.3, 0.4) is 0 Å². The van der Waals surface area contributed by atoms with Gasteiger partial charge < -0.3 is 15.2 Å². The van der Waals surface area contributed by atoms with Gasteiger partial charge in [-0.3, -0.25) is 9.59 Å². The largest absolute Gasteiger partial charge is 0.345 e. The van der Waals surface area contributed by atoms with E-state index in [0.29, 0.717) is 34.0 Å². The Morgan fingerprint density at radius 1 is 1.21 bits per heavy atom. The Kier molecular flexibility index (Phi) is 9.54. The fourth-order valence-corrected chi connectivity index (χ4v) is 4.58. The Hall–Kier alpha value is -2.37. The molecule has 3 rings (SSSR count). The maximum atomic E-state index is 12.6. The van der Waals surface area contributed by atoms with Crippen LogP contribution in [0.1, 0.15) is 41.5 Å². The molecule has 0 aliphatic carbocycles. The van der Waals surface area contributed by atoms with Crippen LogP contribution in [0.25, 0.3) is 0 Å². The van der Waals surface area contributed by atoms with Crippen LogP contribution < -0.4 is 10.6 Å². The standard InChI is InChI=1S/C24H25ClIN5O2S/c1-4-11-31-21(13-27-23(33)16-5-7-17(25)8-6-16)29-30-24(31)34-14-22(32)28-20-10-9-18(26)12-19(20)15(2)3/h4-10,12,15H,1,11,13-14H2,2-3H3,(H,27,33)(H,28,32). The summed E-state index contributed by atoms with van der Waals surface area (Å²) in [6.07, 6.45) is 1.72. The van der Waals surface area contributed by atoms with Crippen LogP contribution in [0.4, 0.5) is 5.69 Å². The second-order valence-corrected chi connectivity index (χ2v) is 10.3. The van der Waals surface area contributed by atoms with Crippen molar-refractivity contribution in [3.63, 3.8) is 0 Å². The SMILES string of the molecule is C=CCn1c(CNC(=O)c2ccc(Cl)cc2)nnc1SCC(=O)Nc1ccc(I)cc1C(C)C. The number of anilines is 1. The molecule has 2 amide bonds. The van der Waals surface area contributed by atoms with E-state index >= 15 is 0 Å². The van der Waals surface area contributed by atoms with E-state index in [4.69, 9.17) is 11.6 Å². The first kappa shape index (κ1) is 26.2. The number of hydrogen-bond donors (Lipinski definition) is 2. The van der Waals surface area contributed by atoms with Gasteiger partial charge in [0.2, 0.25) is 5.91 Å². The molecular formula is C24H25ClIN5O2S. The molecule has 0 atom stereocenters. The van der Waals surface area contributed by atoms with Crippen molar-refractivity contribution < 1.29 is 9.59 Å². The molecule has 0 radical (unpaired) electrons. The van der Waals surface area contributed by atoms with Crippen LogP contribution in [0.2, 0.25) is 5.02 Å². The third-order valence-corrected chi connectivity index (χ3v) is 6.75.